The smallest absolute Gasteiger partial charge is 0.343 e. The Hall–Kier alpha value is -1.79. The summed E-state index contributed by atoms with van der Waals surface area (Å²) in [6.07, 6.45) is -9.69. The Morgan fingerprint density at radius 2 is 1.58 bits per heavy atom. The molecule has 6 aliphatic rings. The van der Waals surface area contributed by atoms with Crippen LogP contribution in [0.15, 0.2) is 0 Å². The third-order valence-electron chi connectivity index (χ3n) is 8.95. The van der Waals surface area contributed by atoms with Crippen LogP contribution in [-0.4, -0.2) is 86.3 Å². The van der Waals surface area contributed by atoms with Gasteiger partial charge in [-0.1, -0.05) is 20.8 Å². The van der Waals surface area contributed by atoms with E-state index in [9.17, 15) is 34.8 Å². The largest absolute Gasteiger partial charge is 0.456 e. The van der Waals surface area contributed by atoms with Gasteiger partial charge in [0.25, 0.3) is 0 Å². The zero-order chi connectivity index (χ0) is 22.7. The number of aliphatic hydroxyl groups is 4. The molecule has 0 aromatic rings. The van der Waals surface area contributed by atoms with Crippen LogP contribution in [-0.2, 0) is 33.3 Å². The van der Waals surface area contributed by atoms with Gasteiger partial charge in [0.1, 0.15) is 12.2 Å². The predicted molar refractivity (Wildman–Crippen MR) is 93.4 cm³/mol. The van der Waals surface area contributed by atoms with Gasteiger partial charge in [-0.15, -0.1) is 0 Å². The van der Waals surface area contributed by atoms with E-state index in [-0.39, 0.29) is 0 Å². The summed E-state index contributed by atoms with van der Waals surface area (Å²) < 4.78 is 22.2. The molecule has 2 saturated carbocycles. The van der Waals surface area contributed by atoms with Crippen molar-refractivity contribution in [3.63, 3.8) is 0 Å². The summed E-state index contributed by atoms with van der Waals surface area (Å²) >= 11 is 0. The third kappa shape index (κ3) is 1.43. The van der Waals surface area contributed by atoms with Crippen LogP contribution in [0.4, 0.5) is 0 Å². The molecule has 4 saturated heterocycles. The summed E-state index contributed by atoms with van der Waals surface area (Å²) in [6.45, 7) is 6.63. The van der Waals surface area contributed by atoms with Gasteiger partial charge in [0.2, 0.25) is 11.9 Å². The fourth-order valence-electron chi connectivity index (χ4n) is 8.27. The van der Waals surface area contributed by atoms with E-state index in [1.54, 1.807) is 20.8 Å². The van der Waals surface area contributed by atoms with Crippen molar-refractivity contribution in [3.05, 3.63) is 0 Å². The van der Waals surface area contributed by atoms with Gasteiger partial charge in [0, 0.05) is 5.92 Å². The van der Waals surface area contributed by atoms with Gasteiger partial charge in [0.05, 0.1) is 22.9 Å². The van der Waals surface area contributed by atoms with E-state index in [1.807, 2.05) is 0 Å². The zero-order valence-corrected chi connectivity index (χ0v) is 17.3. The summed E-state index contributed by atoms with van der Waals surface area (Å²) in [7, 11) is 0. The van der Waals surface area contributed by atoms with Gasteiger partial charge >= 0.3 is 17.9 Å². The van der Waals surface area contributed by atoms with Crippen LogP contribution >= 0.6 is 0 Å². The highest BCUT2D eigenvalue weighted by atomic mass is 16.8. The summed E-state index contributed by atoms with van der Waals surface area (Å²) in [5.74, 6) is -5.22. The lowest BCUT2D eigenvalue weighted by Gasteiger charge is -2.47. The van der Waals surface area contributed by atoms with Crippen molar-refractivity contribution in [2.45, 2.75) is 75.7 Å². The molecule has 2 spiro atoms. The van der Waals surface area contributed by atoms with Crippen molar-refractivity contribution in [1.29, 1.82) is 0 Å². The number of carbonyl (C=O) groups is 3. The molecule has 11 heteroatoms. The molecule has 4 aliphatic heterocycles. The van der Waals surface area contributed by atoms with Gasteiger partial charge in [-0.3, -0.25) is 4.79 Å². The SMILES string of the molecule is C[C@@H]1C(=O)O[C@H]2[C@@H](O)[C@@]34[C@@H]5OC(=O)[C@]3(O[C@@H]3OC(=O)[C@H](O)[C@]34[C@H](C(C)(C)C)[C@H]5O)[C@@]12O. The average Bonchev–Trinajstić information content (AvgIpc) is 3.35. The van der Waals surface area contributed by atoms with Crippen molar-refractivity contribution < 1.29 is 53.8 Å². The number of hydrogen-bond acceptors (Lipinski definition) is 11. The summed E-state index contributed by atoms with van der Waals surface area (Å²) in [6, 6.07) is 0. The van der Waals surface area contributed by atoms with Crippen molar-refractivity contribution in [2.75, 3.05) is 0 Å². The van der Waals surface area contributed by atoms with E-state index in [4.69, 9.17) is 18.9 Å². The molecule has 0 amide bonds. The number of hydrogen-bond donors (Lipinski definition) is 4. The molecule has 170 valence electrons. The maximum absolute atomic E-state index is 13.4. The van der Waals surface area contributed by atoms with Crippen LogP contribution < -0.4 is 0 Å². The van der Waals surface area contributed by atoms with Gasteiger partial charge in [0.15, 0.2) is 17.8 Å². The lowest BCUT2D eigenvalue weighted by Crippen LogP contribution is -2.67. The van der Waals surface area contributed by atoms with Crippen molar-refractivity contribution >= 4 is 17.9 Å². The second kappa shape index (κ2) is 4.91. The molecule has 0 aromatic carbocycles. The summed E-state index contributed by atoms with van der Waals surface area (Å²) in [4.78, 5) is 38.3. The highest BCUT2D eigenvalue weighted by molar-refractivity contribution is 5.94. The van der Waals surface area contributed by atoms with Crippen LogP contribution in [0.5, 0.6) is 0 Å². The van der Waals surface area contributed by atoms with E-state index in [0.717, 1.165) is 0 Å². The maximum atomic E-state index is 13.4. The Kier molecular flexibility index (Phi) is 3.15. The van der Waals surface area contributed by atoms with Crippen molar-refractivity contribution in [3.8, 4) is 0 Å². The van der Waals surface area contributed by atoms with Gasteiger partial charge < -0.3 is 39.4 Å². The normalized spacial score (nSPS) is 61.0. The zero-order valence-electron chi connectivity index (χ0n) is 17.3. The molecule has 2 aliphatic carbocycles. The molecule has 0 bridgehead atoms. The first-order chi connectivity index (χ1) is 14.3. The predicted octanol–water partition coefficient (Wildman–Crippen LogP) is -2.40. The van der Waals surface area contributed by atoms with E-state index >= 15 is 0 Å². The fourth-order valence-corrected chi connectivity index (χ4v) is 8.27. The minimum atomic E-state index is -2.40. The summed E-state index contributed by atoms with van der Waals surface area (Å²) in [5, 5.41) is 46.1. The Labute approximate surface area is 176 Å². The van der Waals surface area contributed by atoms with Crippen LogP contribution in [0.3, 0.4) is 0 Å². The van der Waals surface area contributed by atoms with Crippen molar-refractivity contribution in [1.82, 2.24) is 0 Å². The third-order valence-corrected chi connectivity index (χ3v) is 8.95. The summed E-state index contributed by atoms with van der Waals surface area (Å²) in [5.41, 5.74) is -9.40. The molecule has 4 N–H and O–H groups in total. The number of aliphatic hydroxyl groups excluding tert-OH is 3. The first-order valence-corrected chi connectivity index (χ1v) is 10.3. The maximum Gasteiger partial charge on any atom is 0.343 e. The molecule has 11 nitrogen and oxygen atoms in total. The lowest BCUT2D eigenvalue weighted by molar-refractivity contribution is -0.240. The van der Waals surface area contributed by atoms with Crippen LogP contribution in [0.2, 0.25) is 0 Å². The highest BCUT2D eigenvalue weighted by Crippen LogP contribution is 2.84. The van der Waals surface area contributed by atoms with Gasteiger partial charge in [-0.25, -0.2) is 9.59 Å². The minimum Gasteiger partial charge on any atom is -0.456 e. The van der Waals surface area contributed by atoms with Crippen LogP contribution in [0.25, 0.3) is 0 Å². The monoisotopic (exact) mass is 440 g/mol. The highest BCUT2D eigenvalue weighted by Gasteiger charge is 3.05. The van der Waals surface area contributed by atoms with E-state index in [0.29, 0.717) is 0 Å². The van der Waals surface area contributed by atoms with E-state index < -0.39 is 94.0 Å². The topological polar surface area (TPSA) is 169 Å². The molecular formula is C20H24O11. The van der Waals surface area contributed by atoms with Crippen molar-refractivity contribution in [2.24, 2.45) is 28.1 Å². The van der Waals surface area contributed by atoms with E-state index in [2.05, 4.69) is 0 Å². The van der Waals surface area contributed by atoms with Crippen LogP contribution in [0, 0.1) is 28.1 Å². The van der Waals surface area contributed by atoms with E-state index in [1.165, 1.54) is 6.92 Å². The molecule has 0 aromatic heterocycles. The first kappa shape index (κ1) is 19.9. The standard InChI is InChI=1S/C20H24O11/c1-5-12(24)28-11-8(22)18-10-6(21)7(16(2,3)4)17(18)9(23)13(25)30-15(17)31-20(18,14(26)29-10)19(5,11)27/h5-11,15,21-23,27H,1-4H3/t5-,6-,7+,8-,9+,10-,11+,15+,17-,18+,19-,20-/m1/s1. The fraction of sp³-hybridized carbons (Fsp3) is 0.850. The van der Waals surface area contributed by atoms with Crippen LogP contribution in [0.1, 0.15) is 27.7 Å². The Balaban J connectivity index is 1.75. The lowest BCUT2D eigenvalue weighted by atomic mass is 9.51. The number of fused-ring (bicyclic) bond motifs is 1. The van der Waals surface area contributed by atoms with Gasteiger partial charge in [-0.2, -0.15) is 0 Å². The van der Waals surface area contributed by atoms with Gasteiger partial charge in [-0.05, 0) is 12.3 Å². The molecule has 6 rings (SSSR count). The number of rotatable bonds is 0. The molecular weight excluding hydrogens is 416 g/mol. The number of esters is 3. The molecule has 12 atom stereocenters. The minimum absolute atomic E-state index is 0.792. The number of ether oxygens (including phenoxy) is 4. The second-order valence-electron chi connectivity index (χ2n) is 10.8. The number of carbonyl (C=O) groups excluding carboxylic acids is 3. The Morgan fingerprint density at radius 3 is 2.19 bits per heavy atom. The Bertz CT molecular complexity index is 957. The quantitative estimate of drug-likeness (QED) is 0.234. The molecule has 6 fully saturated rings. The molecule has 0 unspecified atom stereocenters. The second-order valence-corrected chi connectivity index (χ2v) is 10.8. The Morgan fingerprint density at radius 1 is 0.935 bits per heavy atom. The molecule has 31 heavy (non-hydrogen) atoms. The molecule has 4 heterocycles. The molecule has 0 radical (unpaired) electrons. The average molecular weight is 440 g/mol. The first-order valence-electron chi connectivity index (χ1n) is 10.3.